The fourth-order valence-corrected chi connectivity index (χ4v) is 14.6. The fourth-order valence-electron chi connectivity index (χ4n) is 6.27. The van der Waals surface area contributed by atoms with Gasteiger partial charge in [0.05, 0.1) is 12.9 Å². The van der Waals surface area contributed by atoms with E-state index in [0.29, 0.717) is 6.61 Å². The lowest BCUT2D eigenvalue weighted by atomic mass is 10.1. The van der Waals surface area contributed by atoms with E-state index >= 15 is 0 Å². The summed E-state index contributed by atoms with van der Waals surface area (Å²) < 4.78 is 30.9. The third kappa shape index (κ3) is 8.18. The highest BCUT2D eigenvalue weighted by Crippen LogP contribution is 2.49. The standard InChI is InChI=1S/C36H71N5O4Si4/c1-33(2,3)46(13,14)42-23-26-28(44-47(15,16)34(4,5)6)29(45-48(17,18)35(7,8)9)32(43-26)41-25-39-27-30(37-24-38-31(27)41)40-49(36(10,11)12)21-19-20-22-49/h24-26,28-29,32H,19-23H2,1-18H3,(H,37,38,40)/t26-,28?,29?,32-/m0/s1. The van der Waals surface area contributed by atoms with Crippen LogP contribution < -0.4 is 4.98 Å². The van der Waals surface area contributed by atoms with E-state index in [0.717, 1.165) is 17.0 Å². The predicted molar refractivity (Wildman–Crippen MR) is 214 cm³/mol. The third-order valence-electron chi connectivity index (χ3n) is 13.1. The van der Waals surface area contributed by atoms with Crippen molar-refractivity contribution in [1.29, 1.82) is 0 Å². The van der Waals surface area contributed by atoms with E-state index in [1.165, 1.54) is 24.9 Å². The first-order chi connectivity index (χ1) is 22.0. The van der Waals surface area contributed by atoms with Crippen molar-refractivity contribution in [3.63, 3.8) is 0 Å². The van der Waals surface area contributed by atoms with Crippen molar-refractivity contribution in [3.05, 3.63) is 12.7 Å². The summed E-state index contributed by atoms with van der Waals surface area (Å²) in [7, 11) is -8.48. The van der Waals surface area contributed by atoms with Gasteiger partial charge in [-0.25, -0.2) is 15.0 Å². The second kappa shape index (κ2) is 13.5. The zero-order valence-corrected chi connectivity index (χ0v) is 38.4. The van der Waals surface area contributed by atoms with Gasteiger partial charge in [0, 0.05) is 0 Å². The molecule has 2 aliphatic rings. The van der Waals surface area contributed by atoms with Crippen molar-refractivity contribution in [2.45, 2.75) is 192 Å². The van der Waals surface area contributed by atoms with Crippen molar-refractivity contribution in [3.8, 4) is 0 Å². The number of hydrogen-bond donors (Lipinski definition) is 1. The molecule has 0 spiro atoms. The molecular formula is C36H71N5O4Si4. The van der Waals surface area contributed by atoms with Gasteiger partial charge in [-0.3, -0.25) is 4.57 Å². The summed E-state index contributed by atoms with van der Waals surface area (Å²) in [6.07, 6.45) is 4.65. The molecule has 2 saturated heterocycles. The van der Waals surface area contributed by atoms with Gasteiger partial charge in [-0.2, -0.15) is 0 Å². The Morgan fingerprint density at radius 2 is 1.27 bits per heavy atom. The molecule has 0 bridgehead atoms. The van der Waals surface area contributed by atoms with E-state index in [9.17, 15) is 0 Å². The summed E-state index contributed by atoms with van der Waals surface area (Å²) >= 11 is 0. The second-order valence-corrected chi connectivity index (χ2v) is 39.8. The lowest BCUT2D eigenvalue weighted by Crippen LogP contribution is -2.54. The summed E-state index contributed by atoms with van der Waals surface area (Å²) in [6.45, 7) is 42.1. The van der Waals surface area contributed by atoms with E-state index < -0.39 is 39.4 Å². The van der Waals surface area contributed by atoms with Gasteiger partial charge in [-0.15, -0.1) is 0 Å². The largest absolute Gasteiger partial charge is 0.414 e. The average Bonchev–Trinajstić information content (AvgIpc) is 3.64. The van der Waals surface area contributed by atoms with Crippen LogP contribution in [0.1, 0.15) is 102 Å². The lowest BCUT2D eigenvalue weighted by Gasteiger charge is -2.44. The van der Waals surface area contributed by atoms with Crippen molar-refractivity contribution in [2.24, 2.45) is 0 Å². The normalized spacial score (nSPS) is 24.6. The zero-order valence-electron chi connectivity index (χ0n) is 34.4. The topological polar surface area (TPSA) is 92.6 Å². The van der Waals surface area contributed by atoms with Crippen LogP contribution in [0, 0.1) is 0 Å². The molecule has 4 atom stereocenters. The summed E-state index contributed by atoms with van der Waals surface area (Å²) in [6, 6.07) is 2.50. The Morgan fingerprint density at radius 1 is 0.755 bits per heavy atom. The number of ether oxygens (including phenoxy) is 1. The molecule has 280 valence electrons. The van der Waals surface area contributed by atoms with Gasteiger partial charge in [-0.05, 0) is 71.5 Å². The molecule has 0 amide bonds. The van der Waals surface area contributed by atoms with Crippen LogP contribution in [0.5, 0.6) is 0 Å². The first-order valence-electron chi connectivity index (χ1n) is 18.6. The fraction of sp³-hybridized carbons (Fsp3) is 0.861. The van der Waals surface area contributed by atoms with Gasteiger partial charge in [0.25, 0.3) is 0 Å². The number of nitrogens with one attached hydrogen (secondary N) is 1. The van der Waals surface area contributed by atoms with Gasteiger partial charge < -0.3 is 23.0 Å². The first-order valence-corrected chi connectivity index (χ1v) is 29.8. The van der Waals surface area contributed by atoms with Crippen LogP contribution in [0.2, 0.25) is 71.5 Å². The molecule has 9 nitrogen and oxygen atoms in total. The number of aromatic nitrogens is 4. The summed E-state index contributed by atoms with van der Waals surface area (Å²) in [5, 5.41) is 0.287. The average molecular weight is 750 g/mol. The van der Waals surface area contributed by atoms with Crippen LogP contribution in [0.25, 0.3) is 11.2 Å². The molecule has 0 saturated carbocycles. The number of imidazole rings is 1. The molecule has 4 rings (SSSR count). The SMILES string of the molecule is CC(C)(C)[Si]1(Nc2ncnc3c2ncn3[C@H]2O[C@@H](CO[Si](C)(C)C(C)(C)C)C(O[Si](C)(C)C(C)(C)C)C2O[Si](C)(C)C(C)(C)C)CCCC1. The van der Waals surface area contributed by atoms with E-state index in [1.54, 1.807) is 6.33 Å². The first kappa shape index (κ1) is 40.8. The Labute approximate surface area is 302 Å². The summed E-state index contributed by atoms with van der Waals surface area (Å²) in [5.41, 5.74) is 1.56. The molecule has 49 heavy (non-hydrogen) atoms. The molecule has 2 aromatic rings. The van der Waals surface area contributed by atoms with Crippen LogP contribution in [0.15, 0.2) is 12.7 Å². The molecule has 0 radical (unpaired) electrons. The molecule has 1 N–H and O–H groups in total. The number of rotatable bonds is 10. The Kier molecular flexibility index (Phi) is 11.2. The van der Waals surface area contributed by atoms with Crippen LogP contribution in [0.3, 0.4) is 0 Å². The minimum Gasteiger partial charge on any atom is -0.414 e. The second-order valence-electron chi connectivity index (χ2n) is 20.5. The maximum absolute atomic E-state index is 7.41. The molecule has 0 aliphatic carbocycles. The van der Waals surface area contributed by atoms with Gasteiger partial charge in [0.2, 0.25) is 0 Å². The Bertz CT molecular complexity index is 1450. The molecule has 0 aromatic carbocycles. The predicted octanol–water partition coefficient (Wildman–Crippen LogP) is 10.5. The maximum atomic E-state index is 7.41. The van der Waals surface area contributed by atoms with Crippen molar-refractivity contribution in [2.75, 3.05) is 11.6 Å². The molecule has 2 unspecified atom stereocenters. The number of anilines is 1. The molecule has 2 fully saturated rings. The summed E-state index contributed by atoms with van der Waals surface area (Å²) in [4.78, 5) is 18.7. The maximum Gasteiger partial charge on any atom is 0.192 e. The van der Waals surface area contributed by atoms with Crippen LogP contribution in [-0.2, 0) is 18.0 Å². The van der Waals surface area contributed by atoms with Crippen LogP contribution in [0.4, 0.5) is 5.82 Å². The minimum absolute atomic E-state index is 0.00174. The zero-order chi connectivity index (χ0) is 37.2. The van der Waals surface area contributed by atoms with E-state index in [2.05, 4.69) is 132 Å². The number of hydrogen-bond acceptors (Lipinski definition) is 8. The number of nitrogens with zero attached hydrogens (tertiary/aromatic N) is 4. The van der Waals surface area contributed by atoms with E-state index in [4.69, 9.17) is 33.0 Å². The summed E-state index contributed by atoms with van der Waals surface area (Å²) in [5.74, 6) is 0.846. The Hall–Kier alpha value is -0.942. The van der Waals surface area contributed by atoms with Gasteiger partial charge in [-0.1, -0.05) is 95.9 Å². The highest BCUT2D eigenvalue weighted by molar-refractivity contribution is 6.86. The Balaban J connectivity index is 1.84. The van der Waals surface area contributed by atoms with E-state index in [1.807, 2.05) is 6.33 Å². The van der Waals surface area contributed by atoms with Gasteiger partial charge >= 0.3 is 0 Å². The Morgan fingerprint density at radius 3 is 1.76 bits per heavy atom. The smallest absolute Gasteiger partial charge is 0.192 e. The number of fused-ring (bicyclic) bond motifs is 1. The monoisotopic (exact) mass is 749 g/mol. The quantitative estimate of drug-likeness (QED) is 0.240. The molecule has 13 heteroatoms. The van der Waals surface area contributed by atoms with E-state index in [-0.39, 0.29) is 38.5 Å². The van der Waals surface area contributed by atoms with Crippen LogP contribution >= 0.6 is 0 Å². The lowest BCUT2D eigenvalue weighted by molar-refractivity contribution is -0.0470. The highest BCUT2D eigenvalue weighted by Gasteiger charge is 2.55. The van der Waals surface area contributed by atoms with Crippen molar-refractivity contribution >= 4 is 50.2 Å². The minimum atomic E-state index is -2.29. The highest BCUT2D eigenvalue weighted by atomic mass is 28.4. The van der Waals surface area contributed by atoms with Gasteiger partial charge in [0.1, 0.15) is 36.0 Å². The molecular weight excluding hydrogens is 679 g/mol. The van der Waals surface area contributed by atoms with Gasteiger partial charge in [0.15, 0.2) is 45.1 Å². The van der Waals surface area contributed by atoms with Crippen molar-refractivity contribution in [1.82, 2.24) is 19.5 Å². The molecule has 4 heterocycles. The third-order valence-corrected chi connectivity index (χ3v) is 32.5. The van der Waals surface area contributed by atoms with Crippen LogP contribution in [-0.4, -0.2) is 77.6 Å². The molecule has 2 aliphatic heterocycles. The molecule has 2 aromatic heterocycles. The van der Waals surface area contributed by atoms with Crippen molar-refractivity contribution < 1.29 is 18.0 Å².